The van der Waals surface area contributed by atoms with Crippen molar-refractivity contribution in [3.05, 3.63) is 36.3 Å². The Bertz CT molecular complexity index is 522. The number of nitrogens with one attached hydrogen (secondary N) is 1. The molecule has 94 valence electrons. The van der Waals surface area contributed by atoms with Crippen molar-refractivity contribution in [1.29, 1.82) is 0 Å². The van der Waals surface area contributed by atoms with E-state index >= 15 is 0 Å². The van der Waals surface area contributed by atoms with E-state index in [2.05, 4.69) is 10.3 Å². The molecule has 2 heterocycles. The van der Waals surface area contributed by atoms with Crippen LogP contribution in [0, 0.1) is 5.92 Å². The average Bonchev–Trinajstić information content (AvgIpc) is 3.04. The normalized spacial score (nSPS) is 16.2. The van der Waals surface area contributed by atoms with Crippen molar-refractivity contribution in [2.45, 2.75) is 32.2 Å². The van der Waals surface area contributed by atoms with Crippen LogP contribution >= 0.6 is 0 Å². The monoisotopic (exact) mass is 243 g/mol. The first-order valence-electron chi connectivity index (χ1n) is 6.53. The Balaban J connectivity index is 1.63. The Morgan fingerprint density at radius 1 is 1.39 bits per heavy atom. The van der Waals surface area contributed by atoms with Crippen molar-refractivity contribution in [3.8, 4) is 0 Å². The van der Waals surface area contributed by atoms with Crippen LogP contribution < -0.4 is 5.32 Å². The minimum absolute atomic E-state index is 0.185. The predicted octanol–water partition coefficient (Wildman–Crippen LogP) is 2.14. The smallest absolute Gasteiger partial charge is 0.223 e. The maximum absolute atomic E-state index is 11.9. The molecular formula is C14H17N3O. The molecule has 0 aliphatic heterocycles. The summed E-state index contributed by atoms with van der Waals surface area (Å²) >= 11 is 0. The van der Waals surface area contributed by atoms with Crippen molar-refractivity contribution >= 4 is 11.6 Å². The van der Waals surface area contributed by atoms with Gasteiger partial charge in [-0.1, -0.05) is 18.9 Å². The second kappa shape index (κ2) is 4.80. The third-order valence-electron chi connectivity index (χ3n) is 3.58. The quantitative estimate of drug-likeness (QED) is 0.897. The Kier molecular flexibility index (Phi) is 3.00. The number of fused-ring (bicyclic) bond motifs is 1. The van der Waals surface area contributed by atoms with E-state index in [1.54, 1.807) is 0 Å². The number of nitrogens with zero attached hydrogens (tertiary/aromatic N) is 2. The molecule has 1 aliphatic carbocycles. The van der Waals surface area contributed by atoms with Gasteiger partial charge in [0.15, 0.2) is 0 Å². The standard InChI is InChI=1S/C14H17N3O/c18-14(11-5-1-2-6-11)15-9-12-10-17-8-4-3-7-13(17)16-12/h3-4,7-8,10-11H,1-2,5-6,9H2,(H,15,18). The summed E-state index contributed by atoms with van der Waals surface area (Å²) in [6.07, 6.45) is 8.38. The van der Waals surface area contributed by atoms with Gasteiger partial charge in [0.25, 0.3) is 0 Å². The molecule has 0 atom stereocenters. The number of amides is 1. The molecule has 0 bridgehead atoms. The summed E-state index contributed by atoms with van der Waals surface area (Å²) in [7, 11) is 0. The van der Waals surface area contributed by atoms with Gasteiger partial charge in [0.05, 0.1) is 12.2 Å². The molecule has 2 aromatic rings. The first-order valence-corrected chi connectivity index (χ1v) is 6.53. The summed E-state index contributed by atoms with van der Waals surface area (Å²) in [6, 6.07) is 5.89. The van der Waals surface area contributed by atoms with Crippen molar-refractivity contribution in [3.63, 3.8) is 0 Å². The van der Waals surface area contributed by atoms with Crippen LogP contribution in [0.5, 0.6) is 0 Å². The van der Waals surface area contributed by atoms with Crippen LogP contribution in [0.25, 0.3) is 5.65 Å². The number of carbonyl (C=O) groups is 1. The Hall–Kier alpha value is -1.84. The van der Waals surface area contributed by atoms with E-state index in [9.17, 15) is 4.79 Å². The number of carbonyl (C=O) groups excluding carboxylic acids is 1. The maximum atomic E-state index is 11.9. The van der Waals surface area contributed by atoms with Gasteiger partial charge in [0.2, 0.25) is 5.91 Å². The van der Waals surface area contributed by atoms with E-state index in [1.165, 1.54) is 12.8 Å². The van der Waals surface area contributed by atoms with Crippen molar-refractivity contribution in [2.24, 2.45) is 5.92 Å². The maximum Gasteiger partial charge on any atom is 0.223 e. The van der Waals surface area contributed by atoms with Gasteiger partial charge in [0, 0.05) is 18.3 Å². The number of imidazole rings is 1. The van der Waals surface area contributed by atoms with E-state index in [0.717, 1.165) is 24.2 Å². The van der Waals surface area contributed by atoms with Crippen molar-refractivity contribution < 1.29 is 4.79 Å². The summed E-state index contributed by atoms with van der Waals surface area (Å²) in [5, 5.41) is 2.99. The van der Waals surface area contributed by atoms with Crippen LogP contribution in [0.3, 0.4) is 0 Å². The summed E-state index contributed by atoms with van der Waals surface area (Å²) in [5.41, 5.74) is 1.83. The highest BCUT2D eigenvalue weighted by Gasteiger charge is 2.22. The molecule has 1 fully saturated rings. The highest BCUT2D eigenvalue weighted by molar-refractivity contribution is 5.78. The topological polar surface area (TPSA) is 46.4 Å². The third-order valence-corrected chi connectivity index (χ3v) is 3.58. The summed E-state index contributed by atoms with van der Waals surface area (Å²) < 4.78 is 1.97. The Labute approximate surface area is 106 Å². The molecule has 2 aromatic heterocycles. The van der Waals surface area contributed by atoms with Gasteiger partial charge >= 0.3 is 0 Å². The number of pyridine rings is 1. The second-order valence-electron chi connectivity index (χ2n) is 4.90. The zero-order chi connectivity index (χ0) is 12.4. The Morgan fingerprint density at radius 2 is 2.22 bits per heavy atom. The zero-order valence-corrected chi connectivity index (χ0v) is 10.3. The molecule has 4 nitrogen and oxygen atoms in total. The van der Waals surface area contributed by atoms with Crippen LogP contribution in [0.1, 0.15) is 31.4 Å². The molecular weight excluding hydrogens is 226 g/mol. The van der Waals surface area contributed by atoms with E-state index in [1.807, 2.05) is 35.0 Å². The summed E-state index contributed by atoms with van der Waals surface area (Å²) in [6.45, 7) is 0.525. The molecule has 1 saturated carbocycles. The van der Waals surface area contributed by atoms with Crippen LogP contribution in [0.4, 0.5) is 0 Å². The lowest BCUT2D eigenvalue weighted by molar-refractivity contribution is -0.124. The molecule has 0 aromatic carbocycles. The Morgan fingerprint density at radius 3 is 3.00 bits per heavy atom. The number of aromatic nitrogens is 2. The lowest BCUT2D eigenvalue weighted by Gasteiger charge is -2.08. The molecule has 4 heteroatoms. The SMILES string of the molecule is O=C(NCc1cn2ccccc2n1)C1CCCC1. The summed E-state index contributed by atoms with van der Waals surface area (Å²) in [5.74, 6) is 0.409. The fourth-order valence-electron chi connectivity index (χ4n) is 2.58. The van der Waals surface area contributed by atoms with Gasteiger partial charge in [0.1, 0.15) is 5.65 Å². The van der Waals surface area contributed by atoms with Crippen LogP contribution in [0.15, 0.2) is 30.6 Å². The molecule has 0 spiro atoms. The molecule has 0 unspecified atom stereocenters. The highest BCUT2D eigenvalue weighted by atomic mass is 16.1. The molecule has 0 saturated heterocycles. The minimum atomic E-state index is 0.185. The van der Waals surface area contributed by atoms with Gasteiger partial charge in [-0.05, 0) is 25.0 Å². The van der Waals surface area contributed by atoms with E-state index < -0.39 is 0 Å². The van der Waals surface area contributed by atoms with Crippen molar-refractivity contribution in [1.82, 2.24) is 14.7 Å². The fourth-order valence-corrected chi connectivity index (χ4v) is 2.58. The molecule has 3 rings (SSSR count). The molecule has 1 aliphatic rings. The number of hydrogen-bond acceptors (Lipinski definition) is 2. The second-order valence-corrected chi connectivity index (χ2v) is 4.90. The molecule has 18 heavy (non-hydrogen) atoms. The van der Waals surface area contributed by atoms with Gasteiger partial charge < -0.3 is 9.72 Å². The highest BCUT2D eigenvalue weighted by Crippen LogP contribution is 2.24. The van der Waals surface area contributed by atoms with Crippen molar-refractivity contribution in [2.75, 3.05) is 0 Å². The summed E-state index contributed by atoms with van der Waals surface area (Å²) in [4.78, 5) is 16.3. The van der Waals surface area contributed by atoms with E-state index in [0.29, 0.717) is 6.54 Å². The first kappa shape index (κ1) is 11.3. The zero-order valence-electron chi connectivity index (χ0n) is 10.3. The van der Waals surface area contributed by atoms with Gasteiger partial charge in [-0.2, -0.15) is 0 Å². The fraction of sp³-hybridized carbons (Fsp3) is 0.429. The molecule has 1 amide bonds. The third kappa shape index (κ3) is 2.23. The largest absolute Gasteiger partial charge is 0.350 e. The predicted molar refractivity (Wildman–Crippen MR) is 69.0 cm³/mol. The van der Waals surface area contributed by atoms with E-state index in [-0.39, 0.29) is 11.8 Å². The van der Waals surface area contributed by atoms with Gasteiger partial charge in [-0.15, -0.1) is 0 Å². The number of hydrogen-bond donors (Lipinski definition) is 1. The lowest BCUT2D eigenvalue weighted by atomic mass is 10.1. The molecule has 1 N–H and O–H groups in total. The van der Waals surface area contributed by atoms with Crippen LogP contribution in [-0.4, -0.2) is 15.3 Å². The number of rotatable bonds is 3. The van der Waals surface area contributed by atoms with Gasteiger partial charge in [-0.3, -0.25) is 4.79 Å². The lowest BCUT2D eigenvalue weighted by Crippen LogP contribution is -2.28. The van der Waals surface area contributed by atoms with Crippen LogP contribution in [-0.2, 0) is 11.3 Å². The van der Waals surface area contributed by atoms with E-state index in [4.69, 9.17) is 0 Å². The molecule has 0 radical (unpaired) electrons. The van der Waals surface area contributed by atoms with Crippen LogP contribution in [0.2, 0.25) is 0 Å². The minimum Gasteiger partial charge on any atom is -0.350 e. The van der Waals surface area contributed by atoms with Gasteiger partial charge in [-0.25, -0.2) is 4.98 Å². The first-order chi connectivity index (χ1) is 8.83. The average molecular weight is 243 g/mol.